The van der Waals surface area contributed by atoms with Crippen LogP contribution in [0.4, 0.5) is 4.79 Å². The average Bonchev–Trinajstić information content (AvgIpc) is 2.82. The lowest BCUT2D eigenvalue weighted by atomic mass is 10.0. The number of nitrogens with zero attached hydrogens (tertiary/aromatic N) is 1. The number of methoxy groups -OCH3 is 2. The number of nitrogens with one attached hydrogen (secondary N) is 2. The van der Waals surface area contributed by atoms with Gasteiger partial charge in [-0.2, -0.15) is 0 Å². The van der Waals surface area contributed by atoms with E-state index < -0.39 is 24.5 Å². The molecule has 2 aromatic carbocycles. The summed E-state index contributed by atoms with van der Waals surface area (Å²) in [5, 5.41) is 5.11. The molecule has 0 aliphatic heterocycles. The number of hydrogen-bond donors (Lipinski definition) is 2. The molecule has 0 aliphatic rings. The van der Waals surface area contributed by atoms with Crippen molar-refractivity contribution < 1.29 is 28.6 Å². The van der Waals surface area contributed by atoms with E-state index in [-0.39, 0.29) is 12.1 Å². The largest absolute Gasteiger partial charge is 0.497 e. The summed E-state index contributed by atoms with van der Waals surface area (Å²) in [7, 11) is 3.07. The van der Waals surface area contributed by atoms with E-state index in [2.05, 4.69) is 15.6 Å². The van der Waals surface area contributed by atoms with E-state index in [9.17, 15) is 14.4 Å². The van der Waals surface area contributed by atoms with E-state index in [1.807, 2.05) is 18.2 Å². The van der Waals surface area contributed by atoms with Crippen molar-refractivity contribution in [2.75, 3.05) is 34.0 Å². The minimum atomic E-state index is -0.748. The van der Waals surface area contributed by atoms with Gasteiger partial charge in [-0.25, -0.2) is 14.6 Å². The standard InChI is InChI=1S/C23H23N3O6/c1-30-12-11-24-23(29)26-21(27)14-32-22(28)18-13-20(15-7-9-16(31-2)10-8-15)25-19-6-4-3-5-17(18)19/h3-10,13H,11-12,14H2,1-2H3,(H2,24,26,27,29). The topological polar surface area (TPSA) is 116 Å². The first-order valence-corrected chi connectivity index (χ1v) is 9.79. The Kier molecular flexibility index (Phi) is 7.71. The smallest absolute Gasteiger partial charge is 0.339 e. The van der Waals surface area contributed by atoms with Crippen LogP contribution < -0.4 is 15.4 Å². The number of fused-ring (bicyclic) bond motifs is 1. The minimum Gasteiger partial charge on any atom is -0.497 e. The van der Waals surface area contributed by atoms with Gasteiger partial charge in [-0.1, -0.05) is 18.2 Å². The van der Waals surface area contributed by atoms with Gasteiger partial charge in [-0.05, 0) is 36.4 Å². The van der Waals surface area contributed by atoms with Crippen LogP contribution in [0.1, 0.15) is 10.4 Å². The zero-order valence-corrected chi connectivity index (χ0v) is 17.7. The van der Waals surface area contributed by atoms with Gasteiger partial charge >= 0.3 is 12.0 Å². The van der Waals surface area contributed by atoms with Crippen molar-refractivity contribution in [3.05, 3.63) is 60.2 Å². The van der Waals surface area contributed by atoms with Crippen LogP contribution in [0.3, 0.4) is 0 Å². The number of ether oxygens (including phenoxy) is 3. The molecule has 9 heteroatoms. The van der Waals surface area contributed by atoms with Crippen LogP contribution >= 0.6 is 0 Å². The van der Waals surface area contributed by atoms with Gasteiger partial charge in [0.1, 0.15) is 5.75 Å². The molecule has 2 N–H and O–H groups in total. The highest BCUT2D eigenvalue weighted by atomic mass is 16.5. The summed E-state index contributed by atoms with van der Waals surface area (Å²) in [6, 6.07) is 15.3. The van der Waals surface area contributed by atoms with Gasteiger partial charge in [0.25, 0.3) is 5.91 Å². The summed E-state index contributed by atoms with van der Waals surface area (Å²) in [6.45, 7) is -0.0557. The summed E-state index contributed by atoms with van der Waals surface area (Å²) in [5.74, 6) is -0.748. The van der Waals surface area contributed by atoms with Crippen molar-refractivity contribution in [2.45, 2.75) is 0 Å². The van der Waals surface area contributed by atoms with Crippen LogP contribution in [-0.4, -0.2) is 56.9 Å². The Morgan fingerprint density at radius 1 is 1.00 bits per heavy atom. The Morgan fingerprint density at radius 2 is 1.75 bits per heavy atom. The molecule has 0 saturated carbocycles. The third-order valence-corrected chi connectivity index (χ3v) is 4.50. The van der Waals surface area contributed by atoms with E-state index in [1.165, 1.54) is 7.11 Å². The first kappa shape index (κ1) is 22.7. The van der Waals surface area contributed by atoms with Crippen LogP contribution in [0, 0.1) is 0 Å². The molecule has 0 fully saturated rings. The molecule has 0 unspecified atom stereocenters. The van der Waals surface area contributed by atoms with Crippen molar-refractivity contribution in [1.29, 1.82) is 0 Å². The average molecular weight is 437 g/mol. The molecular formula is C23H23N3O6. The number of benzene rings is 2. The number of urea groups is 1. The number of pyridine rings is 1. The second-order valence-corrected chi connectivity index (χ2v) is 6.67. The predicted octanol–water partition coefficient (Wildman–Crippen LogP) is 2.54. The third-order valence-electron chi connectivity index (χ3n) is 4.50. The lowest BCUT2D eigenvalue weighted by molar-refractivity contribution is -0.123. The van der Waals surface area contributed by atoms with Gasteiger partial charge in [0.2, 0.25) is 0 Å². The van der Waals surface area contributed by atoms with E-state index in [1.54, 1.807) is 43.5 Å². The van der Waals surface area contributed by atoms with Crippen LogP contribution in [0.25, 0.3) is 22.2 Å². The molecule has 32 heavy (non-hydrogen) atoms. The molecule has 0 bridgehead atoms. The number of esters is 1. The van der Waals surface area contributed by atoms with Crippen molar-refractivity contribution in [3.8, 4) is 17.0 Å². The molecule has 0 saturated heterocycles. The number of carbonyl (C=O) groups excluding carboxylic acids is 3. The molecule has 0 spiro atoms. The second kappa shape index (κ2) is 10.9. The Bertz CT molecular complexity index is 1110. The maximum absolute atomic E-state index is 12.8. The van der Waals surface area contributed by atoms with E-state index >= 15 is 0 Å². The predicted molar refractivity (Wildman–Crippen MR) is 117 cm³/mol. The van der Waals surface area contributed by atoms with Gasteiger partial charge < -0.3 is 19.5 Å². The Hall–Kier alpha value is -3.98. The fourth-order valence-corrected chi connectivity index (χ4v) is 2.94. The molecule has 3 rings (SSSR count). The summed E-state index contributed by atoms with van der Waals surface area (Å²) in [5.41, 5.74) is 2.23. The lowest BCUT2D eigenvalue weighted by Gasteiger charge is -2.11. The van der Waals surface area contributed by atoms with Gasteiger partial charge in [0, 0.05) is 24.6 Å². The molecule has 3 aromatic rings. The third kappa shape index (κ3) is 5.79. The van der Waals surface area contributed by atoms with Crippen molar-refractivity contribution >= 4 is 28.8 Å². The SMILES string of the molecule is COCCNC(=O)NC(=O)COC(=O)c1cc(-c2ccc(OC)cc2)nc2ccccc12. The van der Waals surface area contributed by atoms with Gasteiger partial charge in [-0.3, -0.25) is 10.1 Å². The fraction of sp³-hybridized carbons (Fsp3) is 0.217. The maximum Gasteiger partial charge on any atom is 0.339 e. The number of aromatic nitrogens is 1. The molecule has 0 radical (unpaired) electrons. The molecular weight excluding hydrogens is 414 g/mol. The Morgan fingerprint density at radius 3 is 2.47 bits per heavy atom. The molecule has 166 valence electrons. The lowest BCUT2D eigenvalue weighted by Crippen LogP contribution is -2.42. The van der Waals surface area contributed by atoms with E-state index in [0.29, 0.717) is 29.0 Å². The summed E-state index contributed by atoms with van der Waals surface area (Å²) < 4.78 is 15.1. The highest BCUT2D eigenvalue weighted by molar-refractivity contribution is 6.05. The Labute approximate surface area is 184 Å². The highest BCUT2D eigenvalue weighted by Gasteiger charge is 2.17. The van der Waals surface area contributed by atoms with Crippen molar-refractivity contribution in [3.63, 3.8) is 0 Å². The zero-order valence-electron chi connectivity index (χ0n) is 17.7. The van der Waals surface area contributed by atoms with Gasteiger partial charge in [0.05, 0.1) is 30.5 Å². The normalized spacial score (nSPS) is 10.4. The molecule has 0 aliphatic carbocycles. The van der Waals surface area contributed by atoms with Crippen molar-refractivity contribution in [2.24, 2.45) is 0 Å². The zero-order chi connectivity index (χ0) is 22.9. The fourth-order valence-electron chi connectivity index (χ4n) is 2.94. The maximum atomic E-state index is 12.8. The van der Waals surface area contributed by atoms with Gasteiger partial charge in [0.15, 0.2) is 6.61 Å². The summed E-state index contributed by atoms with van der Waals surface area (Å²) in [6.07, 6.45) is 0. The van der Waals surface area contributed by atoms with E-state index in [0.717, 1.165) is 5.56 Å². The van der Waals surface area contributed by atoms with E-state index in [4.69, 9.17) is 14.2 Å². The van der Waals surface area contributed by atoms with Crippen LogP contribution in [0.15, 0.2) is 54.6 Å². The van der Waals surface area contributed by atoms with Crippen LogP contribution in [-0.2, 0) is 14.3 Å². The molecule has 9 nitrogen and oxygen atoms in total. The summed E-state index contributed by atoms with van der Waals surface area (Å²) in [4.78, 5) is 40.9. The van der Waals surface area contributed by atoms with Crippen LogP contribution in [0.5, 0.6) is 5.75 Å². The first-order valence-electron chi connectivity index (χ1n) is 9.79. The number of rotatable bonds is 8. The quantitative estimate of drug-likeness (QED) is 0.411. The first-order chi connectivity index (χ1) is 15.5. The second-order valence-electron chi connectivity index (χ2n) is 6.67. The molecule has 3 amide bonds. The number of para-hydroxylation sites is 1. The molecule has 1 heterocycles. The van der Waals surface area contributed by atoms with Gasteiger partial charge in [-0.15, -0.1) is 0 Å². The molecule has 0 atom stereocenters. The highest BCUT2D eigenvalue weighted by Crippen LogP contribution is 2.26. The Balaban J connectivity index is 1.75. The van der Waals surface area contributed by atoms with Crippen molar-refractivity contribution in [1.82, 2.24) is 15.6 Å². The number of imide groups is 1. The monoisotopic (exact) mass is 437 g/mol. The van der Waals surface area contributed by atoms with Crippen LogP contribution in [0.2, 0.25) is 0 Å². The summed E-state index contributed by atoms with van der Waals surface area (Å²) >= 11 is 0. The number of carbonyl (C=O) groups is 3. The minimum absolute atomic E-state index is 0.243. The number of hydrogen-bond acceptors (Lipinski definition) is 7. The number of amides is 3. The molecule has 1 aromatic heterocycles.